The highest BCUT2D eigenvalue weighted by Gasteiger charge is 2.13. The smallest absolute Gasteiger partial charge is 0.223 e. The van der Waals surface area contributed by atoms with Crippen molar-refractivity contribution in [2.24, 2.45) is 0 Å². The highest BCUT2D eigenvalue weighted by molar-refractivity contribution is 5.79. The highest BCUT2D eigenvalue weighted by atomic mass is 15.1. The second-order valence-corrected chi connectivity index (χ2v) is 4.94. The van der Waals surface area contributed by atoms with Crippen LogP contribution in [0.2, 0.25) is 0 Å². The van der Waals surface area contributed by atoms with E-state index in [0.29, 0.717) is 6.04 Å². The summed E-state index contributed by atoms with van der Waals surface area (Å²) in [6, 6.07) is 6.70. The van der Waals surface area contributed by atoms with E-state index in [1.807, 2.05) is 6.20 Å². The van der Waals surface area contributed by atoms with Crippen LogP contribution in [0.1, 0.15) is 18.4 Å². The molecule has 2 N–H and O–H groups in total. The number of aryl methyl sites for hydroxylation is 1. The van der Waals surface area contributed by atoms with Gasteiger partial charge < -0.3 is 10.6 Å². The average molecular weight is 242 g/mol. The lowest BCUT2D eigenvalue weighted by atomic mass is 10.1. The van der Waals surface area contributed by atoms with Gasteiger partial charge in [-0.05, 0) is 37.9 Å². The lowest BCUT2D eigenvalue weighted by Crippen LogP contribution is -2.38. The number of benzene rings is 1. The van der Waals surface area contributed by atoms with Crippen LogP contribution in [0, 0.1) is 6.92 Å². The van der Waals surface area contributed by atoms with E-state index in [2.05, 4.69) is 45.7 Å². The van der Waals surface area contributed by atoms with Gasteiger partial charge >= 0.3 is 0 Å². The Kier molecular flexibility index (Phi) is 3.11. The molecule has 0 bridgehead atoms. The predicted octanol–water partition coefficient (Wildman–Crippen LogP) is 2.10. The number of nitrogens with zero attached hydrogens (tertiary/aromatic N) is 2. The zero-order valence-corrected chi connectivity index (χ0v) is 10.6. The van der Waals surface area contributed by atoms with Gasteiger partial charge in [0.05, 0.1) is 5.52 Å². The van der Waals surface area contributed by atoms with Crippen molar-refractivity contribution in [2.75, 3.05) is 18.4 Å². The summed E-state index contributed by atoms with van der Waals surface area (Å²) < 4.78 is 0. The van der Waals surface area contributed by atoms with Crippen LogP contribution in [-0.2, 0) is 0 Å². The maximum Gasteiger partial charge on any atom is 0.223 e. The van der Waals surface area contributed by atoms with E-state index in [9.17, 15) is 0 Å². The van der Waals surface area contributed by atoms with E-state index in [1.165, 1.54) is 18.4 Å². The molecule has 2 aromatic rings. The number of hydrogen-bond donors (Lipinski definition) is 2. The zero-order valence-electron chi connectivity index (χ0n) is 10.6. The lowest BCUT2D eigenvalue weighted by Gasteiger charge is -2.23. The minimum Gasteiger partial charge on any atom is -0.350 e. The molecule has 4 nitrogen and oxygen atoms in total. The van der Waals surface area contributed by atoms with E-state index < -0.39 is 0 Å². The van der Waals surface area contributed by atoms with Crippen molar-refractivity contribution >= 4 is 16.9 Å². The maximum absolute atomic E-state index is 4.58. The number of fused-ring (bicyclic) bond motifs is 1. The second kappa shape index (κ2) is 4.90. The minimum absolute atomic E-state index is 0.445. The Balaban J connectivity index is 1.83. The van der Waals surface area contributed by atoms with Gasteiger partial charge in [0.1, 0.15) is 0 Å². The SMILES string of the molecule is Cc1ccc2cnc(N[C@@H]3CCCNC3)nc2c1. The number of anilines is 1. The van der Waals surface area contributed by atoms with Gasteiger partial charge in [-0.25, -0.2) is 9.97 Å². The molecule has 0 amide bonds. The molecule has 1 aliphatic heterocycles. The van der Waals surface area contributed by atoms with Crippen LogP contribution in [0.15, 0.2) is 24.4 Å². The normalized spacial score (nSPS) is 19.9. The van der Waals surface area contributed by atoms with E-state index >= 15 is 0 Å². The molecule has 3 rings (SSSR count). The van der Waals surface area contributed by atoms with Crippen molar-refractivity contribution in [2.45, 2.75) is 25.8 Å². The zero-order chi connectivity index (χ0) is 12.4. The van der Waals surface area contributed by atoms with Gasteiger partial charge in [0.25, 0.3) is 0 Å². The van der Waals surface area contributed by atoms with Gasteiger partial charge in [-0.2, -0.15) is 0 Å². The van der Waals surface area contributed by atoms with Gasteiger partial charge in [0.15, 0.2) is 0 Å². The van der Waals surface area contributed by atoms with Gasteiger partial charge in [-0.3, -0.25) is 0 Å². The molecular weight excluding hydrogens is 224 g/mol. The summed E-state index contributed by atoms with van der Waals surface area (Å²) in [7, 11) is 0. The van der Waals surface area contributed by atoms with Gasteiger partial charge in [-0.1, -0.05) is 12.1 Å². The minimum atomic E-state index is 0.445. The standard InChI is InChI=1S/C14H18N4/c1-10-4-5-11-8-16-14(18-13(11)7-10)17-12-3-2-6-15-9-12/h4-5,7-8,12,15H,2-3,6,9H2,1H3,(H,16,17,18)/t12-/m1/s1. The first-order valence-corrected chi connectivity index (χ1v) is 6.52. The molecule has 0 spiro atoms. The van der Waals surface area contributed by atoms with Crippen molar-refractivity contribution in [3.05, 3.63) is 30.0 Å². The summed E-state index contributed by atoms with van der Waals surface area (Å²) in [5, 5.41) is 7.88. The van der Waals surface area contributed by atoms with E-state index in [4.69, 9.17) is 0 Å². The fourth-order valence-electron chi connectivity index (χ4n) is 2.36. The largest absolute Gasteiger partial charge is 0.350 e. The summed E-state index contributed by atoms with van der Waals surface area (Å²) in [6.07, 6.45) is 4.28. The third-order valence-electron chi connectivity index (χ3n) is 3.37. The molecule has 0 unspecified atom stereocenters. The first kappa shape index (κ1) is 11.4. The Morgan fingerprint density at radius 1 is 1.39 bits per heavy atom. The molecular formula is C14H18N4. The van der Waals surface area contributed by atoms with Gasteiger partial charge in [0, 0.05) is 24.2 Å². The first-order valence-electron chi connectivity index (χ1n) is 6.52. The molecule has 94 valence electrons. The first-order chi connectivity index (χ1) is 8.81. The second-order valence-electron chi connectivity index (χ2n) is 4.94. The van der Waals surface area contributed by atoms with Gasteiger partial charge in [-0.15, -0.1) is 0 Å². The topological polar surface area (TPSA) is 49.8 Å². The molecule has 1 fully saturated rings. The summed E-state index contributed by atoms with van der Waals surface area (Å²) >= 11 is 0. The quantitative estimate of drug-likeness (QED) is 0.846. The Hall–Kier alpha value is -1.68. The van der Waals surface area contributed by atoms with Crippen LogP contribution in [0.25, 0.3) is 10.9 Å². The molecule has 0 radical (unpaired) electrons. The third kappa shape index (κ3) is 2.43. The molecule has 18 heavy (non-hydrogen) atoms. The number of aromatic nitrogens is 2. The Labute approximate surface area is 107 Å². The van der Waals surface area contributed by atoms with Crippen LogP contribution in [0.4, 0.5) is 5.95 Å². The molecule has 1 aromatic carbocycles. The third-order valence-corrected chi connectivity index (χ3v) is 3.37. The van der Waals surface area contributed by atoms with E-state index in [-0.39, 0.29) is 0 Å². The van der Waals surface area contributed by atoms with Crippen LogP contribution in [-0.4, -0.2) is 29.1 Å². The summed E-state index contributed by atoms with van der Waals surface area (Å²) in [6.45, 7) is 4.20. The fraction of sp³-hybridized carbons (Fsp3) is 0.429. The predicted molar refractivity (Wildman–Crippen MR) is 73.8 cm³/mol. The average Bonchev–Trinajstić information content (AvgIpc) is 2.39. The summed E-state index contributed by atoms with van der Waals surface area (Å²) in [5.74, 6) is 0.738. The summed E-state index contributed by atoms with van der Waals surface area (Å²) in [5.41, 5.74) is 2.24. The Bertz CT molecular complexity index is 546. The van der Waals surface area contributed by atoms with Crippen molar-refractivity contribution < 1.29 is 0 Å². The van der Waals surface area contributed by atoms with Crippen LogP contribution in [0.3, 0.4) is 0 Å². The Morgan fingerprint density at radius 3 is 3.17 bits per heavy atom. The maximum atomic E-state index is 4.58. The number of rotatable bonds is 2. The van der Waals surface area contributed by atoms with Crippen molar-refractivity contribution in [1.82, 2.24) is 15.3 Å². The molecule has 1 aliphatic rings. The summed E-state index contributed by atoms with van der Waals surface area (Å²) in [4.78, 5) is 8.96. The van der Waals surface area contributed by atoms with E-state index in [0.717, 1.165) is 29.9 Å². The van der Waals surface area contributed by atoms with Crippen LogP contribution < -0.4 is 10.6 Å². The molecule has 4 heteroatoms. The number of piperidine rings is 1. The Morgan fingerprint density at radius 2 is 2.33 bits per heavy atom. The molecule has 1 atom stereocenters. The lowest BCUT2D eigenvalue weighted by molar-refractivity contribution is 0.478. The van der Waals surface area contributed by atoms with Gasteiger partial charge in [0.2, 0.25) is 5.95 Å². The molecule has 0 aliphatic carbocycles. The number of hydrogen-bond acceptors (Lipinski definition) is 4. The molecule has 2 heterocycles. The number of nitrogens with one attached hydrogen (secondary N) is 2. The molecule has 1 saturated heterocycles. The molecule has 0 saturated carbocycles. The van der Waals surface area contributed by atoms with Crippen LogP contribution in [0.5, 0.6) is 0 Å². The van der Waals surface area contributed by atoms with E-state index in [1.54, 1.807) is 0 Å². The van der Waals surface area contributed by atoms with Crippen molar-refractivity contribution in [3.8, 4) is 0 Å². The molecule has 1 aromatic heterocycles. The van der Waals surface area contributed by atoms with Crippen LogP contribution >= 0.6 is 0 Å². The monoisotopic (exact) mass is 242 g/mol. The highest BCUT2D eigenvalue weighted by Crippen LogP contribution is 2.15. The fourth-order valence-corrected chi connectivity index (χ4v) is 2.36. The van der Waals surface area contributed by atoms with Crippen molar-refractivity contribution in [3.63, 3.8) is 0 Å². The van der Waals surface area contributed by atoms with Crippen molar-refractivity contribution in [1.29, 1.82) is 0 Å².